The van der Waals surface area contributed by atoms with Crippen molar-refractivity contribution in [2.75, 3.05) is 0 Å². The van der Waals surface area contributed by atoms with Crippen molar-refractivity contribution in [3.05, 3.63) is 52.8 Å². The minimum Gasteiger partial charge on any atom is -0.390 e. The lowest BCUT2D eigenvalue weighted by Gasteiger charge is -2.03. The summed E-state index contributed by atoms with van der Waals surface area (Å²) in [6.07, 6.45) is 1.83. The monoisotopic (exact) mass is 222 g/mol. The predicted octanol–water partition coefficient (Wildman–Crippen LogP) is 2.08. The van der Waals surface area contributed by atoms with E-state index >= 15 is 0 Å². The zero-order chi connectivity index (χ0) is 10.7. The second-order valence-corrected chi connectivity index (χ2v) is 3.66. The van der Waals surface area contributed by atoms with Gasteiger partial charge in [-0.2, -0.15) is 5.10 Å². The molecule has 0 saturated carbocycles. The highest BCUT2D eigenvalue weighted by Crippen LogP contribution is 2.15. The summed E-state index contributed by atoms with van der Waals surface area (Å²) in [5, 5.41) is 13.8. The van der Waals surface area contributed by atoms with Gasteiger partial charge in [0.1, 0.15) is 0 Å². The summed E-state index contributed by atoms with van der Waals surface area (Å²) in [4.78, 5) is 0. The average molecular weight is 223 g/mol. The van der Waals surface area contributed by atoms with Crippen molar-refractivity contribution in [3.8, 4) is 0 Å². The number of aromatic nitrogens is 2. The van der Waals surface area contributed by atoms with Crippen LogP contribution in [0.5, 0.6) is 0 Å². The molecule has 0 spiro atoms. The van der Waals surface area contributed by atoms with E-state index in [4.69, 9.17) is 16.7 Å². The maximum atomic E-state index is 8.87. The number of halogens is 1. The lowest BCUT2D eigenvalue weighted by atomic mass is 10.2. The lowest BCUT2D eigenvalue weighted by molar-refractivity contribution is 0.275. The molecule has 2 aromatic rings. The summed E-state index contributed by atoms with van der Waals surface area (Å²) in [6, 6.07) is 9.44. The van der Waals surface area contributed by atoms with Gasteiger partial charge >= 0.3 is 0 Å². The summed E-state index contributed by atoms with van der Waals surface area (Å²) in [7, 11) is 0. The number of rotatable bonds is 3. The maximum Gasteiger partial charge on any atom is 0.0879 e. The smallest absolute Gasteiger partial charge is 0.0879 e. The molecule has 1 aromatic heterocycles. The van der Waals surface area contributed by atoms with Crippen molar-refractivity contribution < 1.29 is 5.11 Å². The molecule has 2 rings (SSSR count). The van der Waals surface area contributed by atoms with Gasteiger partial charge in [-0.05, 0) is 17.7 Å². The van der Waals surface area contributed by atoms with Crippen LogP contribution in [0, 0.1) is 0 Å². The highest BCUT2D eigenvalue weighted by Gasteiger charge is 2.01. The van der Waals surface area contributed by atoms with Gasteiger partial charge in [-0.25, -0.2) is 0 Å². The second-order valence-electron chi connectivity index (χ2n) is 3.25. The average Bonchev–Trinajstić information content (AvgIpc) is 2.69. The van der Waals surface area contributed by atoms with E-state index in [2.05, 4.69) is 5.10 Å². The van der Waals surface area contributed by atoms with E-state index in [0.717, 1.165) is 10.6 Å². The van der Waals surface area contributed by atoms with Crippen molar-refractivity contribution in [1.29, 1.82) is 0 Å². The number of aliphatic hydroxyl groups excluding tert-OH is 1. The zero-order valence-corrected chi connectivity index (χ0v) is 8.85. The van der Waals surface area contributed by atoms with Crippen LogP contribution in [-0.4, -0.2) is 14.9 Å². The molecule has 0 aliphatic carbocycles. The van der Waals surface area contributed by atoms with Gasteiger partial charge in [0.2, 0.25) is 0 Å². The van der Waals surface area contributed by atoms with E-state index < -0.39 is 0 Å². The standard InChI is InChI=1S/C11H11ClN2O/c12-11-4-2-1-3-9(11)7-14-6-5-10(8-15)13-14/h1-6,15H,7-8H2. The van der Waals surface area contributed by atoms with Crippen molar-refractivity contribution in [2.24, 2.45) is 0 Å². The van der Waals surface area contributed by atoms with Crippen LogP contribution in [0.4, 0.5) is 0 Å². The Hall–Kier alpha value is -1.32. The van der Waals surface area contributed by atoms with Gasteiger partial charge < -0.3 is 5.11 Å². The lowest BCUT2D eigenvalue weighted by Crippen LogP contribution is -2.01. The van der Waals surface area contributed by atoms with Crippen LogP contribution in [-0.2, 0) is 13.2 Å². The van der Waals surface area contributed by atoms with Crippen LogP contribution in [0.1, 0.15) is 11.3 Å². The fourth-order valence-electron chi connectivity index (χ4n) is 1.38. The molecule has 0 bridgehead atoms. The van der Waals surface area contributed by atoms with Gasteiger partial charge in [-0.3, -0.25) is 4.68 Å². The summed E-state index contributed by atoms with van der Waals surface area (Å²) < 4.78 is 1.76. The van der Waals surface area contributed by atoms with Gasteiger partial charge in [0.05, 0.1) is 18.8 Å². The number of nitrogens with zero attached hydrogens (tertiary/aromatic N) is 2. The van der Waals surface area contributed by atoms with Crippen LogP contribution < -0.4 is 0 Å². The third kappa shape index (κ3) is 2.37. The molecule has 0 aliphatic heterocycles. The molecule has 0 unspecified atom stereocenters. The van der Waals surface area contributed by atoms with Crippen molar-refractivity contribution in [3.63, 3.8) is 0 Å². The molecule has 0 aliphatic rings. The Labute approximate surface area is 92.9 Å². The molecule has 3 nitrogen and oxygen atoms in total. The number of aliphatic hydroxyl groups is 1. The van der Waals surface area contributed by atoms with Crippen LogP contribution in [0.25, 0.3) is 0 Å². The zero-order valence-electron chi connectivity index (χ0n) is 8.10. The third-order valence-corrected chi connectivity index (χ3v) is 2.52. The quantitative estimate of drug-likeness (QED) is 0.864. The Morgan fingerprint density at radius 2 is 2.07 bits per heavy atom. The van der Waals surface area contributed by atoms with E-state index in [1.807, 2.05) is 30.5 Å². The Kier molecular flexibility index (Phi) is 3.04. The van der Waals surface area contributed by atoms with Crippen LogP contribution in [0.2, 0.25) is 5.02 Å². The fraction of sp³-hybridized carbons (Fsp3) is 0.182. The molecule has 15 heavy (non-hydrogen) atoms. The predicted molar refractivity (Wildman–Crippen MR) is 58.7 cm³/mol. The molecule has 1 aromatic carbocycles. The molecule has 1 heterocycles. The Balaban J connectivity index is 2.18. The maximum absolute atomic E-state index is 8.87. The first-order valence-electron chi connectivity index (χ1n) is 4.66. The fourth-order valence-corrected chi connectivity index (χ4v) is 1.57. The van der Waals surface area contributed by atoms with Gasteiger partial charge in [0.15, 0.2) is 0 Å². The molecule has 0 radical (unpaired) electrons. The van der Waals surface area contributed by atoms with E-state index in [-0.39, 0.29) is 6.61 Å². The molecule has 78 valence electrons. The molecular formula is C11H11ClN2O. The van der Waals surface area contributed by atoms with Crippen molar-refractivity contribution in [1.82, 2.24) is 9.78 Å². The third-order valence-electron chi connectivity index (χ3n) is 2.15. The summed E-state index contributed by atoms with van der Waals surface area (Å²) in [6.45, 7) is 0.592. The Bertz CT molecular complexity index is 453. The van der Waals surface area contributed by atoms with Gasteiger partial charge in [0, 0.05) is 11.2 Å². The first-order chi connectivity index (χ1) is 7.29. The topological polar surface area (TPSA) is 38.0 Å². The van der Waals surface area contributed by atoms with E-state index in [0.29, 0.717) is 12.2 Å². The van der Waals surface area contributed by atoms with Crippen molar-refractivity contribution >= 4 is 11.6 Å². The van der Waals surface area contributed by atoms with Gasteiger partial charge in [0.25, 0.3) is 0 Å². The molecule has 0 atom stereocenters. The van der Waals surface area contributed by atoms with E-state index in [1.165, 1.54) is 0 Å². The molecule has 4 heteroatoms. The largest absolute Gasteiger partial charge is 0.390 e. The first kappa shape index (κ1) is 10.2. The summed E-state index contributed by atoms with van der Waals surface area (Å²) in [5.74, 6) is 0. The highest BCUT2D eigenvalue weighted by atomic mass is 35.5. The van der Waals surface area contributed by atoms with Crippen molar-refractivity contribution in [2.45, 2.75) is 13.2 Å². The normalized spacial score (nSPS) is 10.5. The molecule has 0 saturated heterocycles. The van der Waals surface area contributed by atoms with Gasteiger partial charge in [-0.15, -0.1) is 0 Å². The van der Waals surface area contributed by atoms with E-state index in [1.54, 1.807) is 10.7 Å². The van der Waals surface area contributed by atoms with Gasteiger partial charge in [-0.1, -0.05) is 29.8 Å². The Morgan fingerprint density at radius 1 is 1.27 bits per heavy atom. The SMILES string of the molecule is OCc1ccn(Cc2ccccc2Cl)n1. The highest BCUT2D eigenvalue weighted by molar-refractivity contribution is 6.31. The molecular weight excluding hydrogens is 212 g/mol. The first-order valence-corrected chi connectivity index (χ1v) is 5.04. The minimum atomic E-state index is -0.0322. The number of hydrogen-bond donors (Lipinski definition) is 1. The molecule has 0 fully saturated rings. The minimum absolute atomic E-state index is 0.0322. The Morgan fingerprint density at radius 3 is 2.73 bits per heavy atom. The summed E-state index contributed by atoms with van der Waals surface area (Å²) in [5.41, 5.74) is 1.69. The second kappa shape index (κ2) is 4.47. The number of hydrogen-bond acceptors (Lipinski definition) is 2. The summed E-state index contributed by atoms with van der Waals surface area (Å²) >= 11 is 6.02. The van der Waals surface area contributed by atoms with Crippen LogP contribution >= 0.6 is 11.6 Å². The molecule has 0 amide bonds. The number of benzene rings is 1. The van der Waals surface area contributed by atoms with Crippen LogP contribution in [0.3, 0.4) is 0 Å². The molecule has 1 N–H and O–H groups in total. The van der Waals surface area contributed by atoms with E-state index in [9.17, 15) is 0 Å². The van der Waals surface area contributed by atoms with Crippen LogP contribution in [0.15, 0.2) is 36.5 Å².